The number of rotatable bonds is 4. The number of aromatic nitrogens is 2. The number of para-hydroxylation sites is 1. The third-order valence-corrected chi connectivity index (χ3v) is 5.38. The third kappa shape index (κ3) is 3.53. The predicted octanol–water partition coefficient (Wildman–Crippen LogP) is 0.830. The minimum absolute atomic E-state index is 0.0301. The number of nitrogens with zero attached hydrogens (tertiary/aromatic N) is 2. The van der Waals surface area contributed by atoms with Crippen LogP contribution in [-0.4, -0.2) is 42.0 Å². The number of aromatic amines is 1. The van der Waals surface area contributed by atoms with Gasteiger partial charge in [-0.25, -0.2) is 13.4 Å². The molecule has 1 atom stereocenters. The van der Waals surface area contributed by atoms with Crippen molar-refractivity contribution in [1.29, 1.82) is 0 Å². The SMILES string of the molecule is CN(Cc1nc2ccccc2c(=O)[nH]1)C(=O)C[C@@H]1C=CS(=O)(=O)C1. The molecule has 0 saturated heterocycles. The van der Waals surface area contributed by atoms with Crippen LogP contribution < -0.4 is 5.56 Å². The van der Waals surface area contributed by atoms with E-state index in [1.807, 2.05) is 0 Å². The molecule has 1 N–H and O–H groups in total. The van der Waals surface area contributed by atoms with Crippen molar-refractivity contribution in [1.82, 2.24) is 14.9 Å². The molecule has 0 fully saturated rings. The van der Waals surface area contributed by atoms with Crippen LogP contribution in [0.3, 0.4) is 0 Å². The van der Waals surface area contributed by atoms with E-state index in [-0.39, 0.29) is 36.1 Å². The lowest BCUT2D eigenvalue weighted by Crippen LogP contribution is -2.30. The van der Waals surface area contributed by atoms with Gasteiger partial charge in [-0.15, -0.1) is 0 Å². The quantitative estimate of drug-likeness (QED) is 0.883. The molecule has 24 heavy (non-hydrogen) atoms. The maximum atomic E-state index is 12.2. The van der Waals surface area contributed by atoms with E-state index in [1.54, 1.807) is 37.4 Å². The molecule has 0 saturated carbocycles. The maximum Gasteiger partial charge on any atom is 0.258 e. The van der Waals surface area contributed by atoms with Gasteiger partial charge in [-0.3, -0.25) is 9.59 Å². The highest BCUT2D eigenvalue weighted by Crippen LogP contribution is 2.19. The van der Waals surface area contributed by atoms with Crippen molar-refractivity contribution in [3.63, 3.8) is 0 Å². The van der Waals surface area contributed by atoms with E-state index in [0.29, 0.717) is 16.7 Å². The van der Waals surface area contributed by atoms with Crippen molar-refractivity contribution >= 4 is 26.6 Å². The van der Waals surface area contributed by atoms with Crippen molar-refractivity contribution in [2.24, 2.45) is 5.92 Å². The second-order valence-corrected chi connectivity index (χ2v) is 7.83. The van der Waals surface area contributed by atoms with Crippen LogP contribution in [0.4, 0.5) is 0 Å². The largest absolute Gasteiger partial charge is 0.338 e. The molecule has 1 aromatic carbocycles. The van der Waals surface area contributed by atoms with E-state index in [1.165, 1.54) is 4.90 Å². The summed E-state index contributed by atoms with van der Waals surface area (Å²) >= 11 is 0. The minimum Gasteiger partial charge on any atom is -0.338 e. The summed E-state index contributed by atoms with van der Waals surface area (Å²) in [6.07, 6.45) is 1.67. The molecule has 7 nitrogen and oxygen atoms in total. The van der Waals surface area contributed by atoms with Crippen molar-refractivity contribution < 1.29 is 13.2 Å². The minimum atomic E-state index is -3.17. The lowest BCUT2D eigenvalue weighted by Gasteiger charge is -2.18. The summed E-state index contributed by atoms with van der Waals surface area (Å²) < 4.78 is 22.8. The Kier molecular flexibility index (Phi) is 4.23. The number of hydrogen-bond acceptors (Lipinski definition) is 5. The number of amides is 1. The number of H-pyrrole nitrogens is 1. The molecule has 1 aliphatic heterocycles. The van der Waals surface area contributed by atoms with Crippen LogP contribution in [0.1, 0.15) is 12.2 Å². The van der Waals surface area contributed by atoms with E-state index < -0.39 is 9.84 Å². The van der Waals surface area contributed by atoms with Crippen LogP contribution in [0.2, 0.25) is 0 Å². The van der Waals surface area contributed by atoms with Gasteiger partial charge in [-0.2, -0.15) is 0 Å². The smallest absolute Gasteiger partial charge is 0.258 e. The second kappa shape index (κ2) is 6.20. The van der Waals surface area contributed by atoms with Gasteiger partial charge < -0.3 is 9.88 Å². The Bertz CT molecular complexity index is 978. The first-order chi connectivity index (χ1) is 11.3. The molecule has 0 spiro atoms. The molecule has 2 heterocycles. The summed E-state index contributed by atoms with van der Waals surface area (Å²) in [6, 6.07) is 6.98. The molecule has 1 aromatic heterocycles. The Labute approximate surface area is 138 Å². The Morgan fingerprint density at radius 2 is 2.12 bits per heavy atom. The second-order valence-electron chi connectivity index (χ2n) is 5.90. The van der Waals surface area contributed by atoms with Crippen molar-refractivity contribution in [3.05, 3.63) is 51.9 Å². The fraction of sp³-hybridized carbons (Fsp3) is 0.312. The zero-order chi connectivity index (χ0) is 17.3. The van der Waals surface area contributed by atoms with Gasteiger partial charge in [0.1, 0.15) is 5.82 Å². The fourth-order valence-corrected chi connectivity index (χ4v) is 4.07. The number of sulfone groups is 1. The van der Waals surface area contributed by atoms with Gasteiger partial charge in [-0.05, 0) is 12.1 Å². The molecule has 0 radical (unpaired) electrons. The Morgan fingerprint density at radius 1 is 1.38 bits per heavy atom. The van der Waals surface area contributed by atoms with Gasteiger partial charge in [0, 0.05) is 24.8 Å². The van der Waals surface area contributed by atoms with E-state index in [4.69, 9.17) is 0 Å². The number of benzene rings is 1. The summed E-state index contributed by atoms with van der Waals surface area (Å²) in [5.41, 5.74) is 0.322. The monoisotopic (exact) mass is 347 g/mol. The molecule has 1 aliphatic rings. The number of fused-ring (bicyclic) bond motifs is 1. The highest BCUT2D eigenvalue weighted by atomic mass is 32.2. The molecular weight excluding hydrogens is 330 g/mol. The van der Waals surface area contributed by atoms with Crippen molar-refractivity contribution in [2.45, 2.75) is 13.0 Å². The lowest BCUT2D eigenvalue weighted by molar-refractivity contribution is -0.131. The van der Waals surface area contributed by atoms with Crippen LogP contribution in [0.5, 0.6) is 0 Å². The Hall–Kier alpha value is -2.48. The number of carbonyl (C=O) groups excluding carboxylic acids is 1. The van der Waals surface area contributed by atoms with Gasteiger partial charge in [0.15, 0.2) is 9.84 Å². The lowest BCUT2D eigenvalue weighted by atomic mass is 10.1. The van der Waals surface area contributed by atoms with E-state index in [0.717, 1.165) is 5.41 Å². The molecule has 8 heteroatoms. The molecule has 126 valence electrons. The average Bonchev–Trinajstić information content (AvgIpc) is 2.86. The van der Waals surface area contributed by atoms with Gasteiger partial charge in [0.25, 0.3) is 5.56 Å². The Morgan fingerprint density at radius 3 is 2.83 bits per heavy atom. The maximum absolute atomic E-state index is 12.2. The van der Waals surface area contributed by atoms with Crippen LogP contribution >= 0.6 is 0 Å². The van der Waals surface area contributed by atoms with E-state index in [9.17, 15) is 18.0 Å². The van der Waals surface area contributed by atoms with Crippen molar-refractivity contribution in [2.75, 3.05) is 12.8 Å². The third-order valence-electron chi connectivity index (χ3n) is 3.92. The molecular formula is C16H17N3O4S. The molecule has 1 amide bonds. The molecule has 3 rings (SSSR count). The fourth-order valence-electron chi connectivity index (χ4n) is 2.67. The van der Waals surface area contributed by atoms with Gasteiger partial charge in [-0.1, -0.05) is 18.2 Å². The molecule has 0 bridgehead atoms. The molecule has 2 aromatic rings. The van der Waals surface area contributed by atoms with Crippen LogP contribution in [0, 0.1) is 5.92 Å². The highest BCUT2D eigenvalue weighted by Gasteiger charge is 2.25. The van der Waals surface area contributed by atoms with Crippen LogP contribution in [0.25, 0.3) is 10.9 Å². The first-order valence-corrected chi connectivity index (χ1v) is 9.18. The number of nitrogens with one attached hydrogen (secondary N) is 1. The van der Waals surface area contributed by atoms with Gasteiger partial charge in [0.05, 0.1) is 23.2 Å². The van der Waals surface area contributed by atoms with Crippen LogP contribution in [-0.2, 0) is 21.2 Å². The topological polar surface area (TPSA) is 100 Å². The first-order valence-electron chi connectivity index (χ1n) is 7.47. The first kappa shape index (κ1) is 16.4. The van der Waals surface area contributed by atoms with Gasteiger partial charge >= 0.3 is 0 Å². The summed E-state index contributed by atoms with van der Waals surface area (Å²) in [6.45, 7) is 0.155. The normalized spacial score (nSPS) is 18.8. The molecule has 0 aliphatic carbocycles. The average molecular weight is 347 g/mol. The number of carbonyl (C=O) groups is 1. The Balaban J connectivity index is 1.70. The van der Waals surface area contributed by atoms with Gasteiger partial charge in [0.2, 0.25) is 5.91 Å². The van der Waals surface area contributed by atoms with Crippen LogP contribution in [0.15, 0.2) is 40.5 Å². The predicted molar refractivity (Wildman–Crippen MR) is 89.9 cm³/mol. The van der Waals surface area contributed by atoms with Crippen molar-refractivity contribution in [3.8, 4) is 0 Å². The molecule has 0 unspecified atom stereocenters. The highest BCUT2D eigenvalue weighted by molar-refractivity contribution is 7.94. The number of hydrogen-bond donors (Lipinski definition) is 1. The number of allylic oxidation sites excluding steroid dienone is 1. The zero-order valence-electron chi connectivity index (χ0n) is 13.1. The standard InChI is InChI=1S/C16H17N3O4S/c1-19(15(20)8-11-6-7-24(22,23)10-11)9-14-17-13-5-3-2-4-12(13)16(21)18-14/h2-7,11H,8-10H2,1H3,(H,17,18,21)/t11-/m0/s1. The summed E-state index contributed by atoms with van der Waals surface area (Å²) in [4.78, 5) is 32.7. The summed E-state index contributed by atoms with van der Waals surface area (Å²) in [7, 11) is -1.56. The summed E-state index contributed by atoms with van der Waals surface area (Å²) in [5, 5.41) is 1.66. The summed E-state index contributed by atoms with van der Waals surface area (Å²) in [5.74, 6) is -0.132. The van der Waals surface area contributed by atoms with E-state index in [2.05, 4.69) is 9.97 Å². The zero-order valence-corrected chi connectivity index (χ0v) is 13.9. The van der Waals surface area contributed by atoms with E-state index >= 15 is 0 Å².